The van der Waals surface area contributed by atoms with Crippen LogP contribution in [-0.4, -0.2) is 36.2 Å². The maximum Gasteiger partial charge on any atom is 0.319 e. The van der Waals surface area contributed by atoms with Gasteiger partial charge < -0.3 is 20.3 Å². The van der Waals surface area contributed by atoms with Gasteiger partial charge in [-0.15, -0.1) is 0 Å². The van der Waals surface area contributed by atoms with Crippen molar-refractivity contribution in [2.45, 2.75) is 53.1 Å². The Balaban J connectivity index is 1.37. The van der Waals surface area contributed by atoms with E-state index in [0.29, 0.717) is 6.54 Å². The van der Waals surface area contributed by atoms with Crippen LogP contribution in [0, 0.1) is 25.1 Å². The quantitative estimate of drug-likeness (QED) is 0.263. The number of hydrogen-bond donors (Lipinski definition) is 2. The molecule has 8 heteroatoms. The number of aromatic nitrogens is 2. The lowest BCUT2D eigenvalue weighted by Crippen LogP contribution is -2.49. The summed E-state index contributed by atoms with van der Waals surface area (Å²) in [6, 6.07) is 14.8. The first-order valence-corrected chi connectivity index (χ1v) is 13.5. The lowest BCUT2D eigenvalue weighted by Gasteiger charge is -2.42. The molecule has 1 fully saturated rings. The highest BCUT2D eigenvalue weighted by atomic mass is 19.1. The molecule has 208 valence electrons. The van der Waals surface area contributed by atoms with Gasteiger partial charge in [0.2, 0.25) is 0 Å². The number of aryl methyl sites for hydroxylation is 2. The zero-order valence-corrected chi connectivity index (χ0v) is 23.9. The van der Waals surface area contributed by atoms with Gasteiger partial charge in [-0.25, -0.2) is 14.2 Å². The Bertz CT molecular complexity index is 1560. The predicted octanol–water partition coefficient (Wildman–Crippen LogP) is 7.01. The number of hydrogen-bond acceptors (Lipinski definition) is 5. The van der Waals surface area contributed by atoms with E-state index >= 15 is 0 Å². The van der Waals surface area contributed by atoms with E-state index in [0.717, 1.165) is 63.3 Å². The van der Waals surface area contributed by atoms with Crippen molar-refractivity contribution in [3.63, 3.8) is 0 Å². The zero-order chi connectivity index (χ0) is 28.6. The molecular formula is C32H36FN5O2. The second-order valence-electron chi connectivity index (χ2n) is 11.6. The van der Waals surface area contributed by atoms with Crippen molar-refractivity contribution >= 4 is 28.4 Å². The fourth-order valence-electron chi connectivity index (χ4n) is 5.50. The molecule has 0 bridgehead atoms. The topological polar surface area (TPSA) is 79.4 Å². The molecule has 40 heavy (non-hydrogen) atoms. The smallest absolute Gasteiger partial charge is 0.319 e. The molecular weight excluding hydrogens is 505 g/mol. The highest BCUT2D eigenvalue weighted by Crippen LogP contribution is 2.40. The summed E-state index contributed by atoms with van der Waals surface area (Å²) in [4.78, 5) is 24.2. The summed E-state index contributed by atoms with van der Waals surface area (Å²) in [6.07, 6.45) is 3.64. The maximum absolute atomic E-state index is 14.9. The van der Waals surface area contributed by atoms with Crippen molar-refractivity contribution in [2.24, 2.45) is 5.41 Å². The first-order valence-electron chi connectivity index (χ1n) is 13.5. The minimum Gasteiger partial charge on any atom is -0.497 e. The number of nitrogens with zero attached hydrogens (tertiary/aromatic N) is 3. The molecule has 2 amide bonds. The van der Waals surface area contributed by atoms with Crippen LogP contribution in [0.15, 0.2) is 54.7 Å². The molecule has 4 aromatic rings. The molecule has 0 unspecified atom stereocenters. The normalized spacial score (nSPS) is 14.5. The van der Waals surface area contributed by atoms with Crippen LogP contribution in [0.5, 0.6) is 5.75 Å². The molecule has 2 aromatic heterocycles. The Morgan fingerprint density at radius 3 is 2.50 bits per heavy atom. The van der Waals surface area contributed by atoms with E-state index in [2.05, 4.69) is 34.4 Å². The Morgan fingerprint density at radius 1 is 1.10 bits per heavy atom. The molecule has 1 aliphatic rings. The van der Waals surface area contributed by atoms with E-state index in [1.807, 2.05) is 63.5 Å². The SMILES string of the molecule is COc1ccc(CN(C)c2cc3nc(C)c(-c4cc(NC(=O)NC5CC(C)(C)C5)c(F)cc4C)cc3cn2)cc1. The third-order valence-electron chi connectivity index (χ3n) is 7.63. The van der Waals surface area contributed by atoms with Gasteiger partial charge in [0.1, 0.15) is 17.4 Å². The highest BCUT2D eigenvalue weighted by molar-refractivity contribution is 5.92. The van der Waals surface area contributed by atoms with Gasteiger partial charge in [-0.2, -0.15) is 0 Å². The maximum atomic E-state index is 14.9. The number of pyridine rings is 2. The van der Waals surface area contributed by atoms with Crippen LogP contribution in [0.2, 0.25) is 0 Å². The second-order valence-corrected chi connectivity index (χ2v) is 11.6. The number of carbonyl (C=O) groups is 1. The summed E-state index contributed by atoms with van der Waals surface area (Å²) in [5.74, 6) is 1.17. The largest absolute Gasteiger partial charge is 0.497 e. The van der Waals surface area contributed by atoms with Gasteiger partial charge >= 0.3 is 6.03 Å². The summed E-state index contributed by atoms with van der Waals surface area (Å²) < 4.78 is 20.1. The van der Waals surface area contributed by atoms with Crippen LogP contribution in [0.3, 0.4) is 0 Å². The van der Waals surface area contributed by atoms with Gasteiger partial charge in [0, 0.05) is 48.5 Å². The fourth-order valence-corrected chi connectivity index (χ4v) is 5.50. The second kappa shape index (κ2) is 10.8. The van der Waals surface area contributed by atoms with Crippen molar-refractivity contribution in [1.82, 2.24) is 15.3 Å². The molecule has 2 heterocycles. The number of carbonyl (C=O) groups excluding carboxylic acids is 1. The average molecular weight is 542 g/mol. The van der Waals surface area contributed by atoms with Crippen molar-refractivity contribution in [3.8, 4) is 16.9 Å². The van der Waals surface area contributed by atoms with Crippen molar-refractivity contribution in [3.05, 3.63) is 77.4 Å². The number of ether oxygens (including phenoxy) is 1. The lowest BCUT2D eigenvalue weighted by atomic mass is 9.68. The highest BCUT2D eigenvalue weighted by Gasteiger charge is 2.36. The zero-order valence-electron chi connectivity index (χ0n) is 23.9. The number of fused-ring (bicyclic) bond motifs is 1. The first-order chi connectivity index (χ1) is 19.0. The third-order valence-corrected chi connectivity index (χ3v) is 7.63. The van der Waals surface area contributed by atoms with E-state index in [-0.39, 0.29) is 17.1 Å². The molecule has 0 atom stereocenters. The van der Waals surface area contributed by atoms with E-state index < -0.39 is 11.8 Å². The minimum atomic E-state index is -0.469. The predicted molar refractivity (Wildman–Crippen MR) is 158 cm³/mol. The Kier molecular flexibility index (Phi) is 7.36. The molecule has 0 saturated heterocycles. The summed E-state index contributed by atoms with van der Waals surface area (Å²) in [5, 5.41) is 6.53. The number of urea groups is 1. The summed E-state index contributed by atoms with van der Waals surface area (Å²) in [7, 11) is 3.65. The van der Waals surface area contributed by atoms with E-state index in [1.165, 1.54) is 6.07 Å². The number of rotatable bonds is 7. The van der Waals surface area contributed by atoms with Crippen molar-refractivity contribution < 1.29 is 13.9 Å². The Morgan fingerprint density at radius 2 is 1.82 bits per heavy atom. The van der Waals surface area contributed by atoms with Crippen LogP contribution in [0.1, 0.15) is 43.5 Å². The lowest BCUT2D eigenvalue weighted by molar-refractivity contribution is 0.132. The number of amides is 2. The third kappa shape index (κ3) is 5.86. The molecule has 2 N–H and O–H groups in total. The van der Waals surface area contributed by atoms with Gasteiger partial charge in [-0.1, -0.05) is 26.0 Å². The van der Waals surface area contributed by atoms with Gasteiger partial charge in [0.15, 0.2) is 0 Å². The van der Waals surface area contributed by atoms with Crippen molar-refractivity contribution in [1.29, 1.82) is 0 Å². The summed E-state index contributed by atoms with van der Waals surface area (Å²) >= 11 is 0. The van der Waals surface area contributed by atoms with Crippen LogP contribution >= 0.6 is 0 Å². The summed E-state index contributed by atoms with van der Waals surface area (Å²) in [6.45, 7) is 8.84. The van der Waals surface area contributed by atoms with Gasteiger partial charge in [0.05, 0.1) is 18.3 Å². The number of anilines is 2. The molecule has 2 aromatic carbocycles. The molecule has 0 aliphatic heterocycles. The van der Waals surface area contributed by atoms with Crippen LogP contribution in [0.4, 0.5) is 20.7 Å². The van der Waals surface area contributed by atoms with Crippen LogP contribution < -0.4 is 20.3 Å². The first kappa shape index (κ1) is 27.4. The summed E-state index contributed by atoms with van der Waals surface area (Å²) in [5.41, 5.74) is 5.61. The standard InChI is InChI=1S/C32H36FN5O2/c1-19-11-27(33)29(37-31(39)36-23-15-32(3,4)16-23)13-25(19)26-12-22-17-34-30(14-28(22)35-20(26)2)38(5)18-21-7-9-24(40-6)10-8-21/h7-14,17,23H,15-16,18H2,1-6H3,(H2,36,37,39). The number of methoxy groups -OCH3 is 1. The van der Waals surface area contributed by atoms with Gasteiger partial charge in [-0.3, -0.25) is 4.98 Å². The van der Waals surface area contributed by atoms with Crippen molar-refractivity contribution in [2.75, 3.05) is 24.4 Å². The number of benzene rings is 2. The van der Waals surface area contributed by atoms with Crippen LogP contribution in [-0.2, 0) is 6.54 Å². The monoisotopic (exact) mass is 541 g/mol. The molecule has 5 rings (SSSR count). The van der Waals surface area contributed by atoms with Crippen LogP contribution in [0.25, 0.3) is 22.0 Å². The van der Waals surface area contributed by atoms with Gasteiger partial charge in [0.25, 0.3) is 0 Å². The molecule has 0 spiro atoms. The average Bonchev–Trinajstić information content (AvgIpc) is 2.89. The van der Waals surface area contributed by atoms with E-state index in [4.69, 9.17) is 9.72 Å². The molecule has 1 saturated carbocycles. The minimum absolute atomic E-state index is 0.113. The number of nitrogens with one attached hydrogen (secondary N) is 2. The van der Waals surface area contributed by atoms with E-state index in [1.54, 1.807) is 13.2 Å². The molecule has 1 aliphatic carbocycles. The van der Waals surface area contributed by atoms with Gasteiger partial charge in [-0.05, 0) is 79.1 Å². The Labute approximate surface area is 234 Å². The molecule has 7 nitrogen and oxygen atoms in total. The van der Waals surface area contributed by atoms with E-state index in [9.17, 15) is 9.18 Å². The Hall–Kier alpha value is -4.20. The molecule has 0 radical (unpaired) electrons. The number of halogens is 1. The fraction of sp³-hybridized carbons (Fsp3) is 0.344.